The van der Waals surface area contributed by atoms with Gasteiger partial charge in [-0.1, -0.05) is 17.7 Å². The molecule has 0 spiro atoms. The number of hydrogen-bond donors (Lipinski definition) is 1. The fourth-order valence-corrected chi connectivity index (χ4v) is 2.59. The van der Waals surface area contributed by atoms with E-state index in [1.807, 2.05) is 0 Å². The van der Waals surface area contributed by atoms with Crippen LogP contribution in [-0.2, 0) is 4.79 Å². The number of carbonyl (C=O) groups is 2. The Balaban J connectivity index is 2.10. The van der Waals surface area contributed by atoms with Gasteiger partial charge in [-0.05, 0) is 31.2 Å². The molecule has 0 saturated carbocycles. The number of rotatable bonds is 6. The quantitative estimate of drug-likeness (QED) is 0.601. The van der Waals surface area contributed by atoms with Crippen molar-refractivity contribution in [3.8, 4) is 5.75 Å². The summed E-state index contributed by atoms with van der Waals surface area (Å²) in [6.07, 6.45) is 0. The highest BCUT2D eigenvalue weighted by Gasteiger charge is 2.20. The van der Waals surface area contributed by atoms with E-state index in [9.17, 15) is 19.7 Å². The molecule has 2 aromatic rings. The highest BCUT2D eigenvalue weighted by atomic mass is 35.5. The third kappa shape index (κ3) is 4.95. The predicted molar refractivity (Wildman–Crippen MR) is 101 cm³/mol. The molecule has 142 valence electrons. The Labute approximate surface area is 160 Å². The van der Waals surface area contributed by atoms with Crippen molar-refractivity contribution >= 4 is 34.8 Å². The number of halogens is 1. The molecule has 2 rings (SSSR count). The van der Waals surface area contributed by atoms with Crippen LogP contribution in [0.3, 0.4) is 0 Å². The lowest BCUT2D eigenvalue weighted by Crippen LogP contribution is -2.35. The summed E-state index contributed by atoms with van der Waals surface area (Å²) in [5, 5.41) is 14.1. The Kier molecular flexibility index (Phi) is 6.36. The predicted octanol–water partition coefficient (Wildman–Crippen LogP) is 3.28. The Morgan fingerprint density at radius 2 is 1.96 bits per heavy atom. The highest BCUT2D eigenvalue weighted by Crippen LogP contribution is 2.27. The average molecular weight is 392 g/mol. The van der Waals surface area contributed by atoms with Gasteiger partial charge in [-0.2, -0.15) is 0 Å². The molecular weight excluding hydrogens is 374 g/mol. The fraction of sp³-hybridized carbons (Fsp3) is 0.222. The zero-order valence-corrected chi connectivity index (χ0v) is 15.7. The van der Waals surface area contributed by atoms with Gasteiger partial charge in [0.2, 0.25) is 5.91 Å². The van der Waals surface area contributed by atoms with E-state index in [-0.39, 0.29) is 17.8 Å². The molecule has 2 aromatic carbocycles. The SMILES string of the molecule is COc1ccc(Cl)cc1NC(=O)CN(C)C(=O)c1ccc(C)c([N+](=O)[O-])c1. The average Bonchev–Trinajstić information content (AvgIpc) is 2.61. The number of anilines is 1. The van der Waals surface area contributed by atoms with Crippen molar-refractivity contribution in [2.24, 2.45) is 0 Å². The van der Waals surface area contributed by atoms with Crippen molar-refractivity contribution in [1.29, 1.82) is 0 Å². The molecular formula is C18H18ClN3O5. The third-order valence-corrected chi connectivity index (χ3v) is 4.05. The van der Waals surface area contributed by atoms with E-state index in [2.05, 4.69) is 5.32 Å². The Morgan fingerprint density at radius 1 is 1.26 bits per heavy atom. The zero-order valence-electron chi connectivity index (χ0n) is 15.0. The number of nitrogens with zero attached hydrogens (tertiary/aromatic N) is 2. The molecule has 0 bridgehead atoms. The summed E-state index contributed by atoms with van der Waals surface area (Å²) in [4.78, 5) is 36.4. The van der Waals surface area contributed by atoms with Gasteiger partial charge in [-0.3, -0.25) is 19.7 Å². The van der Waals surface area contributed by atoms with Gasteiger partial charge >= 0.3 is 0 Å². The molecule has 0 aliphatic rings. The second-order valence-corrected chi connectivity index (χ2v) is 6.25. The van der Waals surface area contributed by atoms with E-state index in [0.717, 1.165) is 0 Å². The normalized spacial score (nSPS) is 10.2. The molecule has 0 saturated heterocycles. The molecule has 0 unspecified atom stereocenters. The first-order valence-corrected chi connectivity index (χ1v) is 8.24. The minimum absolute atomic E-state index is 0.128. The van der Waals surface area contributed by atoms with Crippen LogP contribution in [0.4, 0.5) is 11.4 Å². The summed E-state index contributed by atoms with van der Waals surface area (Å²) >= 11 is 5.92. The maximum atomic E-state index is 12.5. The van der Waals surface area contributed by atoms with Crippen molar-refractivity contribution < 1.29 is 19.2 Å². The molecule has 0 fully saturated rings. The number of hydrogen-bond acceptors (Lipinski definition) is 5. The minimum Gasteiger partial charge on any atom is -0.495 e. The van der Waals surface area contributed by atoms with Gasteiger partial charge in [0.1, 0.15) is 5.75 Å². The first-order chi connectivity index (χ1) is 12.7. The van der Waals surface area contributed by atoms with Crippen molar-refractivity contribution in [3.63, 3.8) is 0 Å². The van der Waals surface area contributed by atoms with E-state index in [1.54, 1.807) is 19.1 Å². The van der Waals surface area contributed by atoms with Gasteiger partial charge in [0.05, 0.1) is 24.3 Å². The lowest BCUT2D eigenvalue weighted by atomic mass is 10.1. The van der Waals surface area contributed by atoms with E-state index in [0.29, 0.717) is 22.0 Å². The van der Waals surface area contributed by atoms with E-state index >= 15 is 0 Å². The summed E-state index contributed by atoms with van der Waals surface area (Å²) in [6, 6.07) is 8.94. The number of ether oxygens (including phenoxy) is 1. The number of carbonyl (C=O) groups excluding carboxylic acids is 2. The molecule has 2 amide bonds. The Bertz CT molecular complexity index is 901. The molecule has 0 radical (unpaired) electrons. The molecule has 0 heterocycles. The van der Waals surface area contributed by atoms with E-state index in [1.165, 1.54) is 43.3 Å². The number of aryl methyl sites for hydroxylation is 1. The molecule has 9 heteroatoms. The van der Waals surface area contributed by atoms with Crippen LogP contribution in [0, 0.1) is 17.0 Å². The summed E-state index contributed by atoms with van der Waals surface area (Å²) in [5.74, 6) is -0.546. The van der Waals surface area contributed by atoms with Crippen LogP contribution < -0.4 is 10.1 Å². The molecule has 27 heavy (non-hydrogen) atoms. The molecule has 1 N–H and O–H groups in total. The van der Waals surface area contributed by atoms with Crippen molar-refractivity contribution in [1.82, 2.24) is 4.90 Å². The van der Waals surface area contributed by atoms with Crippen LogP contribution in [0.25, 0.3) is 0 Å². The number of amides is 2. The number of benzene rings is 2. The number of nitrogens with one attached hydrogen (secondary N) is 1. The zero-order chi connectivity index (χ0) is 20.1. The third-order valence-electron chi connectivity index (χ3n) is 3.82. The molecule has 0 aliphatic carbocycles. The maximum Gasteiger partial charge on any atom is 0.273 e. The lowest BCUT2D eigenvalue weighted by Gasteiger charge is -2.18. The summed E-state index contributed by atoms with van der Waals surface area (Å²) in [5.41, 5.74) is 0.803. The van der Waals surface area contributed by atoms with Crippen LogP contribution in [0.15, 0.2) is 36.4 Å². The number of nitro groups is 1. The largest absolute Gasteiger partial charge is 0.495 e. The van der Waals surface area contributed by atoms with Crippen LogP contribution in [0.5, 0.6) is 5.75 Å². The molecule has 0 aliphatic heterocycles. The molecule has 0 aromatic heterocycles. The smallest absolute Gasteiger partial charge is 0.273 e. The summed E-state index contributed by atoms with van der Waals surface area (Å²) < 4.78 is 5.15. The first-order valence-electron chi connectivity index (χ1n) is 7.87. The van der Waals surface area contributed by atoms with Crippen LogP contribution in [0.1, 0.15) is 15.9 Å². The Hall–Kier alpha value is -3.13. The van der Waals surface area contributed by atoms with Gasteiger partial charge in [0.15, 0.2) is 0 Å². The fourth-order valence-electron chi connectivity index (χ4n) is 2.41. The second-order valence-electron chi connectivity index (χ2n) is 5.81. The van der Waals surface area contributed by atoms with Gasteiger partial charge < -0.3 is 15.0 Å². The van der Waals surface area contributed by atoms with E-state index < -0.39 is 16.7 Å². The number of nitro benzene ring substituents is 1. The van der Waals surface area contributed by atoms with Crippen LogP contribution in [0.2, 0.25) is 5.02 Å². The topological polar surface area (TPSA) is 102 Å². The van der Waals surface area contributed by atoms with Crippen molar-refractivity contribution in [3.05, 3.63) is 62.7 Å². The minimum atomic E-state index is -0.551. The lowest BCUT2D eigenvalue weighted by molar-refractivity contribution is -0.385. The summed E-state index contributed by atoms with van der Waals surface area (Å²) in [6.45, 7) is 1.33. The monoisotopic (exact) mass is 391 g/mol. The van der Waals surface area contributed by atoms with Crippen LogP contribution >= 0.6 is 11.6 Å². The number of methoxy groups -OCH3 is 1. The van der Waals surface area contributed by atoms with Gasteiger partial charge in [-0.15, -0.1) is 0 Å². The Morgan fingerprint density at radius 3 is 2.59 bits per heavy atom. The second kappa shape index (κ2) is 8.50. The summed E-state index contributed by atoms with van der Waals surface area (Å²) in [7, 11) is 2.89. The van der Waals surface area contributed by atoms with E-state index in [4.69, 9.17) is 16.3 Å². The van der Waals surface area contributed by atoms with Crippen molar-refractivity contribution in [2.45, 2.75) is 6.92 Å². The van der Waals surface area contributed by atoms with Gasteiger partial charge in [0.25, 0.3) is 11.6 Å². The van der Waals surface area contributed by atoms with Crippen molar-refractivity contribution in [2.75, 3.05) is 26.0 Å². The van der Waals surface area contributed by atoms with Gasteiger partial charge in [0, 0.05) is 29.3 Å². The van der Waals surface area contributed by atoms with Gasteiger partial charge in [-0.25, -0.2) is 0 Å². The van der Waals surface area contributed by atoms with Crippen LogP contribution in [-0.4, -0.2) is 42.3 Å². The molecule has 0 atom stereocenters. The maximum absolute atomic E-state index is 12.5. The molecule has 8 nitrogen and oxygen atoms in total. The first kappa shape index (κ1) is 20.2. The number of likely N-dealkylation sites (N-methyl/N-ethyl adjacent to an activating group) is 1. The standard InChI is InChI=1S/C18H18ClN3O5/c1-11-4-5-12(8-15(11)22(25)26)18(24)21(2)10-17(23)20-14-9-13(19)6-7-16(14)27-3/h4-9H,10H2,1-3H3,(H,20,23). The highest BCUT2D eigenvalue weighted by molar-refractivity contribution is 6.31.